The lowest BCUT2D eigenvalue weighted by Gasteiger charge is -2.16. The largest absolute Gasteiger partial charge is 0.0877 e. The highest BCUT2D eigenvalue weighted by atomic mass is 14.2. The van der Waals surface area contributed by atoms with Crippen molar-refractivity contribution in [3.63, 3.8) is 0 Å². The lowest BCUT2D eigenvalue weighted by Crippen LogP contribution is -1.98. The van der Waals surface area contributed by atoms with E-state index in [-0.39, 0.29) is 0 Å². The molecule has 0 N–H and O–H groups in total. The van der Waals surface area contributed by atoms with Crippen molar-refractivity contribution >= 4 is 5.57 Å². The highest BCUT2D eigenvalue weighted by molar-refractivity contribution is 5.73. The van der Waals surface area contributed by atoms with E-state index in [0.717, 1.165) is 6.42 Å². The van der Waals surface area contributed by atoms with E-state index in [4.69, 9.17) is 0 Å². The maximum atomic E-state index is 2.26. The first-order valence-corrected chi connectivity index (χ1v) is 9.22. The van der Waals surface area contributed by atoms with Crippen molar-refractivity contribution < 1.29 is 0 Å². The highest BCUT2D eigenvalue weighted by Crippen LogP contribution is 2.29. The van der Waals surface area contributed by atoms with Crippen molar-refractivity contribution in [2.75, 3.05) is 0 Å². The quantitative estimate of drug-likeness (QED) is 0.430. The average molecular weight is 338 g/mol. The Morgan fingerprint density at radius 1 is 0.808 bits per heavy atom. The summed E-state index contributed by atoms with van der Waals surface area (Å²) in [5, 5.41) is 0. The fourth-order valence-corrected chi connectivity index (χ4v) is 3.54. The standard InChI is InChI=1S/C26H26/c1-4-5-12-20(2)26-21(3)13-11-17-24(26)19-23-16-9-10-18-25(23)22-14-7-6-8-15-22/h4-18H,19H2,1-3H3. The van der Waals surface area contributed by atoms with Gasteiger partial charge in [-0.25, -0.2) is 0 Å². The molecule has 0 aliphatic heterocycles. The van der Waals surface area contributed by atoms with Gasteiger partial charge in [0, 0.05) is 0 Å². The summed E-state index contributed by atoms with van der Waals surface area (Å²) in [4.78, 5) is 0. The smallest absolute Gasteiger partial charge is 0.00135 e. The summed E-state index contributed by atoms with van der Waals surface area (Å²) < 4.78 is 0. The second-order valence-corrected chi connectivity index (χ2v) is 6.68. The zero-order valence-corrected chi connectivity index (χ0v) is 15.9. The summed E-state index contributed by atoms with van der Waals surface area (Å²) in [6, 6.07) is 26.0. The van der Waals surface area contributed by atoms with Gasteiger partial charge in [-0.2, -0.15) is 0 Å². The van der Waals surface area contributed by atoms with Gasteiger partial charge in [0.05, 0.1) is 0 Å². The number of allylic oxidation sites excluding steroid dienone is 4. The molecule has 0 aliphatic carbocycles. The van der Waals surface area contributed by atoms with Gasteiger partial charge < -0.3 is 0 Å². The van der Waals surface area contributed by atoms with Crippen molar-refractivity contribution in [3.8, 4) is 11.1 Å². The maximum absolute atomic E-state index is 2.26. The molecule has 0 amide bonds. The Morgan fingerprint density at radius 2 is 1.50 bits per heavy atom. The van der Waals surface area contributed by atoms with E-state index in [1.54, 1.807) is 0 Å². The van der Waals surface area contributed by atoms with Gasteiger partial charge in [-0.05, 0) is 66.1 Å². The van der Waals surface area contributed by atoms with Crippen LogP contribution in [0.4, 0.5) is 0 Å². The van der Waals surface area contributed by atoms with Crippen LogP contribution in [-0.4, -0.2) is 0 Å². The van der Waals surface area contributed by atoms with Crippen LogP contribution in [0.15, 0.2) is 91.0 Å². The van der Waals surface area contributed by atoms with Gasteiger partial charge in [-0.3, -0.25) is 0 Å². The van der Waals surface area contributed by atoms with Crippen LogP contribution in [0.3, 0.4) is 0 Å². The van der Waals surface area contributed by atoms with Gasteiger partial charge in [-0.1, -0.05) is 91.0 Å². The first kappa shape index (κ1) is 17.9. The van der Waals surface area contributed by atoms with Gasteiger partial charge in [0.1, 0.15) is 0 Å². The van der Waals surface area contributed by atoms with Gasteiger partial charge in [-0.15, -0.1) is 0 Å². The van der Waals surface area contributed by atoms with E-state index in [9.17, 15) is 0 Å². The normalized spacial score (nSPS) is 11.9. The molecule has 3 rings (SSSR count). The van der Waals surface area contributed by atoms with Crippen LogP contribution in [-0.2, 0) is 6.42 Å². The van der Waals surface area contributed by atoms with Crippen LogP contribution in [0.2, 0.25) is 0 Å². The van der Waals surface area contributed by atoms with Crippen LogP contribution < -0.4 is 0 Å². The van der Waals surface area contributed by atoms with Gasteiger partial charge >= 0.3 is 0 Å². The third-order valence-corrected chi connectivity index (χ3v) is 4.78. The van der Waals surface area contributed by atoms with E-state index in [0.29, 0.717) is 0 Å². The molecule has 0 heterocycles. The Morgan fingerprint density at radius 3 is 2.27 bits per heavy atom. The molecule has 0 atom stereocenters. The lowest BCUT2D eigenvalue weighted by atomic mass is 9.89. The second kappa shape index (κ2) is 8.49. The number of hydrogen-bond acceptors (Lipinski definition) is 0. The minimum Gasteiger partial charge on any atom is -0.0877 e. The molecule has 0 unspecified atom stereocenters. The Labute approximate surface area is 157 Å². The minimum atomic E-state index is 0.934. The number of benzene rings is 3. The molecule has 0 aromatic heterocycles. The molecule has 0 radical (unpaired) electrons. The number of hydrogen-bond donors (Lipinski definition) is 0. The van der Waals surface area contributed by atoms with E-state index in [1.807, 2.05) is 0 Å². The van der Waals surface area contributed by atoms with E-state index in [1.165, 1.54) is 39.0 Å². The van der Waals surface area contributed by atoms with Gasteiger partial charge in [0.25, 0.3) is 0 Å². The molecule has 26 heavy (non-hydrogen) atoms. The molecule has 0 nitrogen and oxygen atoms in total. The first-order chi connectivity index (χ1) is 12.7. The zero-order chi connectivity index (χ0) is 18.4. The summed E-state index contributed by atoms with van der Waals surface area (Å²) in [6.45, 7) is 6.46. The van der Waals surface area contributed by atoms with Crippen LogP contribution >= 0.6 is 0 Å². The van der Waals surface area contributed by atoms with Crippen molar-refractivity contribution in [1.82, 2.24) is 0 Å². The molecule has 0 spiro atoms. The topological polar surface area (TPSA) is 0 Å². The average Bonchev–Trinajstić information content (AvgIpc) is 2.67. The van der Waals surface area contributed by atoms with Crippen LogP contribution in [0.25, 0.3) is 16.7 Å². The molecule has 0 bridgehead atoms. The van der Waals surface area contributed by atoms with Crippen molar-refractivity contribution in [2.45, 2.75) is 27.2 Å². The summed E-state index contributed by atoms with van der Waals surface area (Å²) in [6.07, 6.45) is 7.33. The fourth-order valence-electron chi connectivity index (χ4n) is 3.54. The zero-order valence-electron chi connectivity index (χ0n) is 15.9. The monoisotopic (exact) mass is 338 g/mol. The molecule has 0 saturated heterocycles. The third-order valence-electron chi connectivity index (χ3n) is 4.78. The minimum absolute atomic E-state index is 0.934. The SMILES string of the molecule is CC=CC=C(C)c1c(C)cccc1Cc1ccccc1-c1ccccc1. The van der Waals surface area contributed by atoms with Gasteiger partial charge in [0.2, 0.25) is 0 Å². The van der Waals surface area contributed by atoms with Crippen LogP contribution in [0.1, 0.15) is 36.1 Å². The first-order valence-electron chi connectivity index (χ1n) is 9.22. The predicted octanol–water partition coefficient (Wildman–Crippen LogP) is 7.23. The lowest BCUT2D eigenvalue weighted by molar-refractivity contribution is 1.16. The summed E-state index contributed by atoms with van der Waals surface area (Å²) >= 11 is 0. The molecule has 0 heteroatoms. The molecule has 0 aliphatic rings. The summed E-state index contributed by atoms with van der Waals surface area (Å²) in [5.74, 6) is 0. The van der Waals surface area contributed by atoms with Crippen molar-refractivity contribution in [1.29, 1.82) is 0 Å². The van der Waals surface area contributed by atoms with Crippen LogP contribution in [0, 0.1) is 6.92 Å². The second-order valence-electron chi connectivity index (χ2n) is 6.68. The Hall–Kier alpha value is -2.86. The fraction of sp³-hybridized carbons (Fsp3) is 0.154. The van der Waals surface area contributed by atoms with E-state index in [2.05, 4.69) is 112 Å². The third kappa shape index (κ3) is 4.03. The Bertz CT molecular complexity index is 927. The number of aryl methyl sites for hydroxylation is 1. The molecule has 3 aromatic carbocycles. The van der Waals surface area contributed by atoms with Crippen molar-refractivity contribution in [2.24, 2.45) is 0 Å². The highest BCUT2D eigenvalue weighted by Gasteiger charge is 2.11. The van der Waals surface area contributed by atoms with Crippen LogP contribution in [0.5, 0.6) is 0 Å². The maximum Gasteiger partial charge on any atom is -0.00135 e. The molecule has 0 saturated carbocycles. The molecular weight excluding hydrogens is 312 g/mol. The Kier molecular flexibility index (Phi) is 5.86. The summed E-state index contributed by atoms with van der Waals surface area (Å²) in [5.41, 5.74) is 9.35. The van der Waals surface area contributed by atoms with E-state index >= 15 is 0 Å². The number of rotatable bonds is 5. The Balaban J connectivity index is 2.05. The van der Waals surface area contributed by atoms with E-state index < -0.39 is 0 Å². The van der Waals surface area contributed by atoms with Crippen molar-refractivity contribution in [3.05, 3.63) is 113 Å². The molecule has 3 aromatic rings. The molecular formula is C26H26. The molecule has 130 valence electrons. The summed E-state index contributed by atoms with van der Waals surface area (Å²) in [7, 11) is 0. The molecule has 0 fully saturated rings. The predicted molar refractivity (Wildman–Crippen MR) is 114 cm³/mol. The van der Waals surface area contributed by atoms with Gasteiger partial charge in [0.15, 0.2) is 0 Å².